The average molecular weight is 314 g/mol. The lowest BCUT2D eigenvalue weighted by molar-refractivity contribution is -0.385. The molecule has 0 saturated carbocycles. The predicted octanol–water partition coefficient (Wildman–Crippen LogP) is 3.78. The Bertz CT molecular complexity index is 818. The summed E-state index contributed by atoms with van der Waals surface area (Å²) in [7, 11) is 0. The molecule has 0 radical (unpaired) electrons. The van der Waals surface area contributed by atoms with Gasteiger partial charge < -0.3 is 5.32 Å². The van der Waals surface area contributed by atoms with Gasteiger partial charge in [0.25, 0.3) is 11.6 Å². The van der Waals surface area contributed by atoms with Gasteiger partial charge in [0.1, 0.15) is 5.82 Å². The van der Waals surface area contributed by atoms with Gasteiger partial charge in [0.2, 0.25) is 0 Å². The van der Waals surface area contributed by atoms with Gasteiger partial charge in [0.15, 0.2) is 0 Å². The lowest BCUT2D eigenvalue weighted by Crippen LogP contribution is -2.13. The van der Waals surface area contributed by atoms with Gasteiger partial charge in [-0.05, 0) is 55.5 Å². The summed E-state index contributed by atoms with van der Waals surface area (Å²) in [4.78, 5) is 22.5. The molecule has 118 valence electrons. The van der Waals surface area contributed by atoms with E-state index in [0.717, 1.165) is 31.4 Å². The van der Waals surface area contributed by atoms with E-state index in [1.54, 1.807) is 6.07 Å². The van der Waals surface area contributed by atoms with Crippen LogP contribution < -0.4 is 5.32 Å². The number of fused-ring (bicyclic) bond motifs is 1. The Kier molecular flexibility index (Phi) is 3.82. The third kappa shape index (κ3) is 2.92. The summed E-state index contributed by atoms with van der Waals surface area (Å²) < 4.78 is 13.8. The van der Waals surface area contributed by atoms with Crippen LogP contribution in [0, 0.1) is 22.9 Å². The van der Waals surface area contributed by atoms with Crippen LogP contribution in [0.25, 0.3) is 0 Å². The van der Waals surface area contributed by atoms with Gasteiger partial charge in [-0.25, -0.2) is 4.39 Å². The minimum absolute atomic E-state index is 0.0692. The largest absolute Gasteiger partial charge is 0.322 e. The fourth-order valence-corrected chi connectivity index (χ4v) is 2.84. The van der Waals surface area contributed by atoms with Crippen LogP contribution in [0.5, 0.6) is 0 Å². The van der Waals surface area contributed by atoms with Crippen LogP contribution in [0.3, 0.4) is 0 Å². The number of benzene rings is 2. The molecule has 1 aliphatic carbocycles. The Balaban J connectivity index is 1.87. The molecule has 0 fully saturated rings. The highest BCUT2D eigenvalue weighted by Gasteiger charge is 2.20. The molecule has 3 rings (SSSR count). The zero-order valence-corrected chi connectivity index (χ0v) is 12.6. The SMILES string of the molecule is Cc1c(F)cc(C(=O)Nc2ccc3c(c2)CCC3)cc1[N+](=O)[O-]. The molecule has 1 N–H and O–H groups in total. The lowest BCUT2D eigenvalue weighted by Gasteiger charge is -2.08. The molecule has 2 aromatic carbocycles. The van der Waals surface area contributed by atoms with E-state index < -0.39 is 22.3 Å². The predicted molar refractivity (Wildman–Crippen MR) is 84.2 cm³/mol. The van der Waals surface area contributed by atoms with Crippen LogP contribution in [0.2, 0.25) is 0 Å². The number of nitro groups is 1. The van der Waals surface area contributed by atoms with E-state index in [4.69, 9.17) is 0 Å². The summed E-state index contributed by atoms with van der Waals surface area (Å²) in [6.45, 7) is 1.32. The number of carbonyl (C=O) groups excluding carboxylic acids is 1. The summed E-state index contributed by atoms with van der Waals surface area (Å²) in [6.07, 6.45) is 3.12. The molecule has 0 spiro atoms. The van der Waals surface area contributed by atoms with Crippen LogP contribution in [0.4, 0.5) is 15.8 Å². The first kappa shape index (κ1) is 15.1. The number of hydrogen-bond acceptors (Lipinski definition) is 3. The minimum Gasteiger partial charge on any atom is -0.322 e. The highest BCUT2D eigenvalue weighted by molar-refractivity contribution is 6.04. The first-order valence-electron chi connectivity index (χ1n) is 7.33. The first-order chi connectivity index (χ1) is 11.0. The van der Waals surface area contributed by atoms with Crippen molar-refractivity contribution in [2.24, 2.45) is 0 Å². The van der Waals surface area contributed by atoms with Gasteiger partial charge in [-0.3, -0.25) is 14.9 Å². The van der Waals surface area contributed by atoms with Crippen LogP contribution in [0.1, 0.15) is 33.5 Å². The second kappa shape index (κ2) is 5.79. The van der Waals surface area contributed by atoms with Gasteiger partial charge in [-0.1, -0.05) is 6.07 Å². The molecule has 0 bridgehead atoms. The highest BCUT2D eigenvalue weighted by atomic mass is 19.1. The Labute approximate surface area is 132 Å². The first-order valence-corrected chi connectivity index (χ1v) is 7.33. The Morgan fingerprint density at radius 3 is 2.70 bits per heavy atom. The lowest BCUT2D eigenvalue weighted by atomic mass is 10.1. The third-order valence-corrected chi connectivity index (χ3v) is 4.13. The molecule has 0 atom stereocenters. The normalized spacial score (nSPS) is 12.8. The standard InChI is InChI=1S/C17H15FN2O3/c1-10-15(18)8-13(9-16(10)20(22)23)17(21)19-14-6-5-11-3-2-4-12(11)7-14/h5-9H,2-4H2,1H3,(H,19,21). The van der Waals surface area contributed by atoms with E-state index in [2.05, 4.69) is 5.32 Å². The van der Waals surface area contributed by atoms with Crippen LogP contribution >= 0.6 is 0 Å². The monoisotopic (exact) mass is 314 g/mol. The number of halogens is 1. The van der Waals surface area contributed by atoms with Crippen molar-refractivity contribution in [1.82, 2.24) is 0 Å². The highest BCUT2D eigenvalue weighted by Crippen LogP contribution is 2.26. The molecular weight excluding hydrogens is 299 g/mol. The van der Waals surface area contributed by atoms with Crippen molar-refractivity contribution < 1.29 is 14.1 Å². The van der Waals surface area contributed by atoms with Crippen molar-refractivity contribution in [2.45, 2.75) is 26.2 Å². The van der Waals surface area contributed by atoms with E-state index >= 15 is 0 Å². The maximum absolute atomic E-state index is 13.8. The number of carbonyl (C=O) groups is 1. The van der Waals surface area contributed by atoms with Crippen molar-refractivity contribution in [2.75, 3.05) is 5.32 Å². The number of anilines is 1. The quantitative estimate of drug-likeness (QED) is 0.692. The van der Waals surface area contributed by atoms with E-state index in [-0.39, 0.29) is 11.1 Å². The number of nitrogens with zero attached hydrogens (tertiary/aromatic N) is 1. The van der Waals surface area contributed by atoms with Gasteiger partial charge >= 0.3 is 0 Å². The Morgan fingerprint density at radius 2 is 1.96 bits per heavy atom. The van der Waals surface area contributed by atoms with Crippen molar-refractivity contribution in [1.29, 1.82) is 0 Å². The van der Waals surface area contributed by atoms with E-state index in [1.165, 1.54) is 18.1 Å². The van der Waals surface area contributed by atoms with E-state index in [1.807, 2.05) is 12.1 Å². The summed E-state index contributed by atoms with van der Waals surface area (Å²) >= 11 is 0. The Hall–Kier alpha value is -2.76. The second-order valence-electron chi connectivity index (χ2n) is 5.65. The average Bonchev–Trinajstić information content (AvgIpc) is 2.97. The van der Waals surface area contributed by atoms with Crippen LogP contribution in [-0.4, -0.2) is 10.8 Å². The topological polar surface area (TPSA) is 72.2 Å². The summed E-state index contributed by atoms with van der Waals surface area (Å²) in [5.74, 6) is -1.33. The summed E-state index contributed by atoms with van der Waals surface area (Å²) in [6, 6.07) is 7.78. The molecular formula is C17H15FN2O3. The van der Waals surface area contributed by atoms with Crippen molar-refractivity contribution in [3.05, 3.63) is 68.5 Å². The van der Waals surface area contributed by atoms with Gasteiger partial charge in [0.05, 0.1) is 10.5 Å². The van der Waals surface area contributed by atoms with Crippen molar-refractivity contribution in [3.63, 3.8) is 0 Å². The fraction of sp³-hybridized carbons (Fsp3) is 0.235. The van der Waals surface area contributed by atoms with Gasteiger partial charge in [0, 0.05) is 17.3 Å². The molecule has 23 heavy (non-hydrogen) atoms. The molecule has 0 saturated heterocycles. The summed E-state index contributed by atoms with van der Waals surface area (Å²) in [5, 5.41) is 13.6. The van der Waals surface area contributed by atoms with E-state index in [9.17, 15) is 19.3 Å². The molecule has 0 aromatic heterocycles. The van der Waals surface area contributed by atoms with Crippen LogP contribution in [0.15, 0.2) is 30.3 Å². The number of amides is 1. The van der Waals surface area contributed by atoms with Crippen LogP contribution in [-0.2, 0) is 12.8 Å². The molecule has 0 heterocycles. The molecule has 1 amide bonds. The van der Waals surface area contributed by atoms with Gasteiger partial charge in [-0.15, -0.1) is 0 Å². The number of nitro benzene ring substituents is 1. The molecule has 1 aliphatic rings. The van der Waals surface area contributed by atoms with Crippen molar-refractivity contribution >= 4 is 17.3 Å². The number of hydrogen-bond donors (Lipinski definition) is 1. The van der Waals surface area contributed by atoms with Crippen molar-refractivity contribution in [3.8, 4) is 0 Å². The maximum atomic E-state index is 13.8. The molecule has 6 heteroatoms. The molecule has 5 nitrogen and oxygen atoms in total. The second-order valence-corrected chi connectivity index (χ2v) is 5.65. The van der Waals surface area contributed by atoms with E-state index in [0.29, 0.717) is 5.69 Å². The number of nitrogens with one attached hydrogen (secondary N) is 1. The van der Waals surface area contributed by atoms with Gasteiger partial charge in [-0.2, -0.15) is 0 Å². The molecule has 0 aliphatic heterocycles. The Morgan fingerprint density at radius 1 is 1.22 bits per heavy atom. The zero-order valence-electron chi connectivity index (χ0n) is 12.6. The number of aryl methyl sites for hydroxylation is 2. The third-order valence-electron chi connectivity index (χ3n) is 4.13. The smallest absolute Gasteiger partial charge is 0.276 e. The minimum atomic E-state index is -0.765. The zero-order chi connectivity index (χ0) is 16.6. The molecule has 2 aromatic rings. The maximum Gasteiger partial charge on any atom is 0.276 e. The summed E-state index contributed by atoms with van der Waals surface area (Å²) in [5.41, 5.74) is 2.54. The number of rotatable bonds is 3. The molecule has 0 unspecified atom stereocenters. The fourth-order valence-electron chi connectivity index (χ4n) is 2.84.